The molecule has 1 fully saturated rings. The molecule has 1 atom stereocenters. The van der Waals surface area contributed by atoms with Crippen molar-refractivity contribution in [2.24, 2.45) is 0 Å². The van der Waals surface area contributed by atoms with Crippen molar-refractivity contribution in [1.82, 2.24) is 0 Å². The van der Waals surface area contributed by atoms with Gasteiger partial charge in [0.1, 0.15) is 17.1 Å². The van der Waals surface area contributed by atoms with Crippen molar-refractivity contribution < 1.29 is 21.5 Å². The van der Waals surface area contributed by atoms with Crippen LogP contribution in [0.5, 0.6) is 0 Å². The first-order chi connectivity index (χ1) is 8.82. The molecule has 1 unspecified atom stereocenters. The van der Waals surface area contributed by atoms with Gasteiger partial charge in [-0.25, -0.2) is 4.39 Å². The summed E-state index contributed by atoms with van der Waals surface area (Å²) in [6, 6.07) is 5.06. The molecule has 1 aromatic carbocycles. The predicted molar refractivity (Wildman–Crippen MR) is 61.9 cm³/mol. The molecule has 1 amide bonds. The molecule has 0 N–H and O–H groups in total. The minimum absolute atomic E-state index is 0.104. The summed E-state index contributed by atoms with van der Waals surface area (Å²) in [6.45, 7) is -0.358. The Labute approximate surface area is 108 Å². The van der Waals surface area contributed by atoms with Crippen molar-refractivity contribution in [2.45, 2.75) is 11.7 Å². The third kappa shape index (κ3) is 2.56. The highest BCUT2D eigenvalue weighted by atomic mass is 32.3. The van der Waals surface area contributed by atoms with Crippen LogP contribution in [0.15, 0.2) is 18.2 Å². The summed E-state index contributed by atoms with van der Waals surface area (Å²) in [5.74, 6) is -1.42. The van der Waals surface area contributed by atoms with Gasteiger partial charge in [0.2, 0.25) is 5.91 Å². The van der Waals surface area contributed by atoms with Crippen LogP contribution < -0.4 is 4.90 Å². The molecule has 0 aliphatic carbocycles. The van der Waals surface area contributed by atoms with E-state index in [1.165, 1.54) is 12.1 Å². The van der Waals surface area contributed by atoms with Gasteiger partial charge in [-0.2, -0.15) is 13.7 Å². The molecule has 0 aromatic heterocycles. The molecule has 1 saturated heterocycles. The molecule has 0 spiro atoms. The van der Waals surface area contributed by atoms with Gasteiger partial charge in [-0.3, -0.25) is 4.79 Å². The van der Waals surface area contributed by atoms with E-state index in [0.717, 1.165) is 11.0 Å². The number of carbonyl (C=O) groups excluding carboxylic acids is 1. The van der Waals surface area contributed by atoms with E-state index in [0.29, 0.717) is 0 Å². The van der Waals surface area contributed by atoms with Gasteiger partial charge in [-0.1, -0.05) is 0 Å². The van der Waals surface area contributed by atoms with E-state index in [1.807, 2.05) is 0 Å². The van der Waals surface area contributed by atoms with Gasteiger partial charge in [0.15, 0.2) is 0 Å². The van der Waals surface area contributed by atoms with Crippen LogP contribution in [-0.4, -0.2) is 26.1 Å². The Morgan fingerprint density at radius 1 is 1.42 bits per heavy atom. The first-order valence-electron chi connectivity index (χ1n) is 5.26. The summed E-state index contributed by atoms with van der Waals surface area (Å²) in [5.41, 5.74) is -0.0855. The molecule has 5 nitrogen and oxygen atoms in total. The van der Waals surface area contributed by atoms with Crippen LogP contribution in [0.3, 0.4) is 0 Å². The van der Waals surface area contributed by atoms with Crippen LogP contribution in [0.25, 0.3) is 0 Å². The van der Waals surface area contributed by atoms with Gasteiger partial charge in [-0.05, 0) is 18.2 Å². The number of halogens is 2. The zero-order valence-corrected chi connectivity index (χ0v) is 10.3. The summed E-state index contributed by atoms with van der Waals surface area (Å²) < 4.78 is 47.8. The third-order valence-electron chi connectivity index (χ3n) is 2.87. The van der Waals surface area contributed by atoms with Gasteiger partial charge in [0.25, 0.3) is 0 Å². The molecule has 0 bridgehead atoms. The molecule has 1 aliphatic rings. The Bertz CT molecular complexity index is 682. The molecule has 8 heteroatoms. The zero-order valence-electron chi connectivity index (χ0n) is 9.51. The molecule has 1 aliphatic heterocycles. The van der Waals surface area contributed by atoms with Crippen molar-refractivity contribution in [3.05, 3.63) is 29.6 Å². The molecule has 19 heavy (non-hydrogen) atoms. The fourth-order valence-corrected chi connectivity index (χ4v) is 2.54. The van der Waals surface area contributed by atoms with Crippen LogP contribution in [-0.2, 0) is 15.0 Å². The van der Waals surface area contributed by atoms with Gasteiger partial charge in [0, 0.05) is 18.7 Å². The lowest BCUT2D eigenvalue weighted by atomic mass is 10.2. The first kappa shape index (κ1) is 13.4. The lowest BCUT2D eigenvalue weighted by Crippen LogP contribution is -2.27. The Kier molecular flexibility index (Phi) is 3.24. The number of benzene rings is 1. The molecule has 100 valence electrons. The Morgan fingerprint density at radius 3 is 2.58 bits per heavy atom. The number of hydrogen-bond acceptors (Lipinski definition) is 4. The zero-order chi connectivity index (χ0) is 14.2. The highest BCUT2D eigenvalue weighted by Crippen LogP contribution is 2.27. The Hall–Kier alpha value is -2.01. The fraction of sp³-hybridized carbons (Fsp3) is 0.273. The average Bonchev–Trinajstić information content (AvgIpc) is 2.71. The van der Waals surface area contributed by atoms with Crippen LogP contribution >= 0.6 is 0 Å². The number of carbonyl (C=O) groups is 1. The first-order valence-corrected chi connectivity index (χ1v) is 6.71. The van der Waals surface area contributed by atoms with Crippen molar-refractivity contribution in [3.8, 4) is 6.07 Å². The minimum Gasteiger partial charge on any atom is -0.311 e. The molecule has 2 rings (SSSR count). The average molecular weight is 286 g/mol. The largest absolute Gasteiger partial charge is 0.311 e. The van der Waals surface area contributed by atoms with E-state index in [2.05, 4.69) is 0 Å². The third-order valence-corrected chi connectivity index (χ3v) is 3.98. The maximum Gasteiger partial charge on any atom is 0.307 e. The number of amides is 1. The molecule has 1 aromatic rings. The fourth-order valence-electron chi connectivity index (χ4n) is 1.88. The summed E-state index contributed by atoms with van der Waals surface area (Å²) in [6.07, 6.45) is -0.472. The van der Waals surface area contributed by atoms with Crippen molar-refractivity contribution >= 4 is 21.8 Å². The number of rotatable bonds is 2. The summed E-state index contributed by atoms with van der Waals surface area (Å²) in [7, 11) is -4.81. The predicted octanol–water partition coefficient (Wildman–Crippen LogP) is 1.10. The second kappa shape index (κ2) is 4.59. The van der Waals surface area contributed by atoms with E-state index in [4.69, 9.17) is 5.26 Å². The Balaban J connectivity index is 2.31. The number of hydrogen-bond donors (Lipinski definition) is 0. The summed E-state index contributed by atoms with van der Waals surface area (Å²) in [4.78, 5) is 12.6. The van der Waals surface area contributed by atoms with Crippen LogP contribution in [0.2, 0.25) is 0 Å². The maximum atomic E-state index is 13.4. The van der Waals surface area contributed by atoms with Crippen LogP contribution in [0.1, 0.15) is 12.0 Å². The number of anilines is 1. The lowest BCUT2D eigenvalue weighted by molar-refractivity contribution is -0.117. The summed E-state index contributed by atoms with van der Waals surface area (Å²) >= 11 is 0. The number of nitrogens with zero attached hydrogens (tertiary/aromatic N) is 2. The van der Waals surface area contributed by atoms with E-state index < -0.39 is 33.6 Å². The van der Waals surface area contributed by atoms with Gasteiger partial charge in [0.05, 0.1) is 5.56 Å². The van der Waals surface area contributed by atoms with Gasteiger partial charge < -0.3 is 4.90 Å². The second-order valence-electron chi connectivity index (χ2n) is 4.08. The van der Waals surface area contributed by atoms with Crippen molar-refractivity contribution in [3.63, 3.8) is 0 Å². The normalized spacial score (nSPS) is 19.5. The lowest BCUT2D eigenvalue weighted by Gasteiger charge is -2.16. The smallest absolute Gasteiger partial charge is 0.307 e. The highest BCUT2D eigenvalue weighted by Gasteiger charge is 2.39. The van der Waals surface area contributed by atoms with Gasteiger partial charge >= 0.3 is 10.2 Å². The van der Waals surface area contributed by atoms with Crippen LogP contribution in [0, 0.1) is 17.1 Å². The maximum absolute atomic E-state index is 13.4. The Morgan fingerprint density at radius 2 is 2.11 bits per heavy atom. The number of nitriles is 1. The molecule has 1 heterocycles. The molecule has 0 radical (unpaired) electrons. The molecular weight excluding hydrogens is 278 g/mol. The monoisotopic (exact) mass is 286 g/mol. The van der Waals surface area contributed by atoms with Crippen molar-refractivity contribution in [2.75, 3.05) is 11.4 Å². The highest BCUT2D eigenvalue weighted by molar-refractivity contribution is 7.87. The quantitative estimate of drug-likeness (QED) is 0.763. The molecule has 0 saturated carbocycles. The van der Waals surface area contributed by atoms with E-state index in [9.17, 15) is 21.5 Å². The van der Waals surface area contributed by atoms with Gasteiger partial charge in [-0.15, -0.1) is 3.89 Å². The minimum atomic E-state index is -4.81. The SMILES string of the molecule is N#Cc1ccc(N2CC(S(=O)(=O)F)CC2=O)cc1F. The van der Waals surface area contributed by atoms with E-state index in [-0.39, 0.29) is 17.8 Å². The van der Waals surface area contributed by atoms with Crippen LogP contribution in [0.4, 0.5) is 14.0 Å². The summed E-state index contributed by atoms with van der Waals surface area (Å²) in [5, 5.41) is 7.14. The standard InChI is InChI=1S/C11H8F2N2O3S/c12-10-3-8(2-1-7(10)5-14)15-6-9(4-11(15)16)19(13,17)18/h1-3,9H,4,6H2. The van der Waals surface area contributed by atoms with Crippen molar-refractivity contribution in [1.29, 1.82) is 5.26 Å². The topological polar surface area (TPSA) is 78.2 Å². The molecular formula is C11H8F2N2O3S. The van der Waals surface area contributed by atoms with E-state index in [1.54, 1.807) is 6.07 Å². The van der Waals surface area contributed by atoms with E-state index >= 15 is 0 Å². The second-order valence-corrected chi connectivity index (χ2v) is 5.70.